The fourth-order valence-corrected chi connectivity index (χ4v) is 3.15. The van der Waals surface area contributed by atoms with Crippen molar-refractivity contribution in [3.05, 3.63) is 94.5 Å². The number of amides is 4. The summed E-state index contributed by atoms with van der Waals surface area (Å²) in [5.74, 6) is -0.277. The lowest BCUT2D eigenvalue weighted by atomic mass is 10.1. The summed E-state index contributed by atoms with van der Waals surface area (Å²) < 4.78 is 5.68. The molecule has 3 aromatic carbocycles. The number of hydrogen-bond donors (Lipinski definition) is 4. The van der Waals surface area contributed by atoms with Crippen molar-refractivity contribution < 1.29 is 19.1 Å². The first-order valence-corrected chi connectivity index (χ1v) is 11.1. The molecule has 0 aromatic heterocycles. The SMILES string of the molecule is O=C(Nc1cccc(C(=O)NNC(=O)c2ccc(COc3ccc(Cl)cc3)cc2)c1)NC1CC1. The molecular weight excluding hydrogens is 456 g/mol. The van der Waals surface area contributed by atoms with Gasteiger partial charge in [0.25, 0.3) is 11.8 Å². The third kappa shape index (κ3) is 6.73. The Morgan fingerprint density at radius 1 is 0.853 bits per heavy atom. The Kier molecular flexibility index (Phi) is 7.29. The number of halogens is 1. The standard InChI is InChI=1S/C25H23ClN4O4/c26-19-8-12-22(13-9-19)34-15-16-4-6-17(7-5-16)23(31)29-30-24(32)18-2-1-3-21(14-18)28-25(33)27-20-10-11-20/h1-9,12-14,20H,10-11,15H2,(H,29,31)(H,30,32)(H2,27,28,33). The molecule has 0 bridgehead atoms. The van der Waals surface area contributed by atoms with Crippen molar-refractivity contribution in [3.63, 3.8) is 0 Å². The van der Waals surface area contributed by atoms with Crippen LogP contribution >= 0.6 is 11.6 Å². The Labute approximate surface area is 201 Å². The normalized spacial score (nSPS) is 12.4. The van der Waals surface area contributed by atoms with Crippen molar-refractivity contribution in [1.29, 1.82) is 0 Å². The summed E-state index contributed by atoms with van der Waals surface area (Å²) in [6.07, 6.45) is 1.96. The highest BCUT2D eigenvalue weighted by Crippen LogP contribution is 2.19. The van der Waals surface area contributed by atoms with E-state index >= 15 is 0 Å². The molecule has 0 atom stereocenters. The molecule has 34 heavy (non-hydrogen) atoms. The molecule has 174 valence electrons. The number of ether oxygens (including phenoxy) is 1. The first kappa shape index (κ1) is 23.1. The van der Waals surface area contributed by atoms with Crippen LogP contribution in [0.15, 0.2) is 72.8 Å². The molecule has 4 amide bonds. The van der Waals surface area contributed by atoms with Gasteiger partial charge in [-0.25, -0.2) is 4.79 Å². The molecule has 3 aromatic rings. The van der Waals surface area contributed by atoms with Gasteiger partial charge in [0.15, 0.2) is 0 Å². The average Bonchev–Trinajstić information content (AvgIpc) is 3.66. The molecule has 1 aliphatic carbocycles. The van der Waals surface area contributed by atoms with Gasteiger partial charge < -0.3 is 15.4 Å². The molecular formula is C25H23ClN4O4. The highest BCUT2D eigenvalue weighted by atomic mass is 35.5. The zero-order valence-electron chi connectivity index (χ0n) is 18.1. The van der Waals surface area contributed by atoms with Crippen molar-refractivity contribution in [2.75, 3.05) is 5.32 Å². The summed E-state index contributed by atoms with van der Waals surface area (Å²) in [5, 5.41) is 6.14. The third-order valence-electron chi connectivity index (χ3n) is 5.02. The summed E-state index contributed by atoms with van der Waals surface area (Å²) in [7, 11) is 0. The topological polar surface area (TPSA) is 109 Å². The van der Waals surface area contributed by atoms with Crippen molar-refractivity contribution in [2.45, 2.75) is 25.5 Å². The van der Waals surface area contributed by atoms with E-state index in [4.69, 9.17) is 16.3 Å². The van der Waals surface area contributed by atoms with Gasteiger partial charge in [0.2, 0.25) is 0 Å². The highest BCUT2D eigenvalue weighted by Gasteiger charge is 2.23. The third-order valence-corrected chi connectivity index (χ3v) is 5.27. The number of benzene rings is 3. The predicted octanol–water partition coefficient (Wildman–Crippen LogP) is 4.28. The largest absolute Gasteiger partial charge is 0.489 e. The number of hydrogen-bond acceptors (Lipinski definition) is 4. The summed E-state index contributed by atoms with van der Waals surface area (Å²) in [4.78, 5) is 36.7. The first-order valence-electron chi connectivity index (χ1n) is 10.7. The highest BCUT2D eigenvalue weighted by molar-refractivity contribution is 6.30. The average molecular weight is 479 g/mol. The molecule has 0 spiro atoms. The van der Waals surface area contributed by atoms with Crippen LogP contribution in [0.5, 0.6) is 5.75 Å². The number of carbonyl (C=O) groups is 3. The maximum Gasteiger partial charge on any atom is 0.319 e. The minimum Gasteiger partial charge on any atom is -0.489 e. The van der Waals surface area contributed by atoms with Gasteiger partial charge in [0, 0.05) is 27.9 Å². The molecule has 8 nitrogen and oxygen atoms in total. The number of carbonyl (C=O) groups excluding carboxylic acids is 3. The van der Waals surface area contributed by atoms with E-state index in [9.17, 15) is 14.4 Å². The Bertz CT molecular complexity index is 1180. The molecule has 1 fully saturated rings. The van der Waals surface area contributed by atoms with E-state index in [0.29, 0.717) is 34.2 Å². The maximum atomic E-state index is 12.4. The van der Waals surface area contributed by atoms with Gasteiger partial charge in [0.05, 0.1) is 0 Å². The summed E-state index contributed by atoms with van der Waals surface area (Å²) in [6.45, 7) is 0.337. The molecule has 0 aliphatic heterocycles. The monoisotopic (exact) mass is 478 g/mol. The van der Waals surface area contributed by atoms with Crippen molar-refractivity contribution in [1.82, 2.24) is 16.2 Å². The van der Waals surface area contributed by atoms with Crippen molar-refractivity contribution in [3.8, 4) is 5.75 Å². The summed E-state index contributed by atoms with van der Waals surface area (Å²) in [5.41, 5.74) is 6.80. The lowest BCUT2D eigenvalue weighted by Crippen LogP contribution is -2.41. The van der Waals surface area contributed by atoms with Gasteiger partial charge >= 0.3 is 6.03 Å². The fraction of sp³-hybridized carbons (Fsp3) is 0.160. The second-order valence-corrected chi connectivity index (χ2v) is 8.24. The molecule has 0 radical (unpaired) electrons. The van der Waals surface area contributed by atoms with Gasteiger partial charge in [-0.05, 0) is 73.0 Å². The summed E-state index contributed by atoms with van der Waals surface area (Å²) >= 11 is 5.86. The zero-order valence-corrected chi connectivity index (χ0v) is 18.9. The van der Waals surface area contributed by atoms with Crippen molar-refractivity contribution in [2.24, 2.45) is 0 Å². The van der Waals surface area contributed by atoms with Gasteiger partial charge in [-0.15, -0.1) is 0 Å². The van der Waals surface area contributed by atoms with Gasteiger partial charge in [-0.1, -0.05) is 29.8 Å². The Balaban J connectivity index is 1.25. The second-order valence-electron chi connectivity index (χ2n) is 7.80. The quantitative estimate of drug-likeness (QED) is 0.380. The van der Waals surface area contributed by atoms with Crippen molar-refractivity contribution >= 4 is 35.1 Å². The molecule has 0 heterocycles. The second kappa shape index (κ2) is 10.7. The molecule has 9 heteroatoms. The van der Waals surface area contributed by atoms with E-state index in [-0.39, 0.29) is 12.1 Å². The molecule has 0 unspecified atom stereocenters. The van der Waals surface area contributed by atoms with E-state index < -0.39 is 11.8 Å². The lowest BCUT2D eigenvalue weighted by molar-refractivity contribution is 0.0846. The first-order chi connectivity index (χ1) is 16.5. The number of nitrogens with one attached hydrogen (secondary N) is 4. The zero-order chi connectivity index (χ0) is 23.9. The molecule has 1 saturated carbocycles. The Morgan fingerprint density at radius 3 is 2.21 bits per heavy atom. The molecule has 1 aliphatic rings. The summed E-state index contributed by atoms with van der Waals surface area (Å²) in [6, 6.07) is 20.2. The van der Waals surface area contributed by atoms with E-state index in [2.05, 4.69) is 21.5 Å². The van der Waals surface area contributed by atoms with E-state index in [1.54, 1.807) is 66.7 Å². The number of anilines is 1. The van der Waals surface area contributed by atoms with Crippen LogP contribution in [0.25, 0.3) is 0 Å². The van der Waals surface area contributed by atoms with Crippen LogP contribution in [0.2, 0.25) is 5.02 Å². The van der Waals surface area contributed by atoms with E-state index in [1.807, 2.05) is 0 Å². The maximum absolute atomic E-state index is 12.4. The van der Waals surface area contributed by atoms with E-state index in [1.165, 1.54) is 6.07 Å². The van der Waals surface area contributed by atoms with Gasteiger partial charge in [-0.3, -0.25) is 20.4 Å². The van der Waals surface area contributed by atoms with Crippen LogP contribution in [0.1, 0.15) is 39.1 Å². The van der Waals surface area contributed by atoms with Crippen LogP contribution in [-0.2, 0) is 6.61 Å². The van der Waals surface area contributed by atoms with Crippen LogP contribution < -0.4 is 26.2 Å². The fourth-order valence-electron chi connectivity index (χ4n) is 3.03. The van der Waals surface area contributed by atoms with E-state index in [0.717, 1.165) is 18.4 Å². The number of rotatable bonds is 7. The predicted molar refractivity (Wildman–Crippen MR) is 129 cm³/mol. The van der Waals surface area contributed by atoms with Crippen LogP contribution in [0.3, 0.4) is 0 Å². The number of hydrazine groups is 1. The minimum absolute atomic E-state index is 0.228. The Morgan fingerprint density at radius 2 is 1.53 bits per heavy atom. The molecule has 4 rings (SSSR count). The van der Waals surface area contributed by atoms with Gasteiger partial charge in [-0.2, -0.15) is 0 Å². The van der Waals surface area contributed by atoms with Crippen LogP contribution in [0, 0.1) is 0 Å². The number of urea groups is 1. The molecule has 4 N–H and O–H groups in total. The minimum atomic E-state index is -0.507. The van der Waals surface area contributed by atoms with Gasteiger partial charge in [0.1, 0.15) is 12.4 Å². The molecule has 0 saturated heterocycles. The smallest absolute Gasteiger partial charge is 0.319 e. The van der Waals surface area contributed by atoms with Crippen LogP contribution in [-0.4, -0.2) is 23.9 Å². The Hall–Kier alpha value is -4.04. The lowest BCUT2D eigenvalue weighted by Gasteiger charge is -2.10. The van der Waals surface area contributed by atoms with Crippen LogP contribution in [0.4, 0.5) is 10.5 Å².